The second kappa shape index (κ2) is 4.44. The molecule has 0 nitrogen and oxygen atoms in total. The molecule has 0 saturated carbocycles. The molecular formula is C6H5ClS3. The Kier molecular flexibility index (Phi) is 3.84. The summed E-state index contributed by atoms with van der Waals surface area (Å²) in [5.74, 6) is 0. The van der Waals surface area contributed by atoms with Crippen molar-refractivity contribution in [2.75, 3.05) is 0 Å². The Morgan fingerprint density at radius 2 is 1.80 bits per heavy atom. The molecule has 0 aromatic heterocycles. The van der Waals surface area contributed by atoms with E-state index in [4.69, 9.17) is 11.6 Å². The fourth-order valence-electron chi connectivity index (χ4n) is 0.533. The van der Waals surface area contributed by atoms with Gasteiger partial charge in [-0.3, -0.25) is 0 Å². The molecule has 0 bridgehead atoms. The van der Waals surface area contributed by atoms with E-state index >= 15 is 0 Å². The van der Waals surface area contributed by atoms with Crippen LogP contribution in [0.15, 0.2) is 29.2 Å². The van der Waals surface area contributed by atoms with Gasteiger partial charge < -0.3 is 0 Å². The Balaban J connectivity index is 2.69. The van der Waals surface area contributed by atoms with Crippen molar-refractivity contribution in [1.82, 2.24) is 0 Å². The molecule has 0 unspecified atom stereocenters. The van der Waals surface area contributed by atoms with Crippen molar-refractivity contribution in [3.05, 3.63) is 29.3 Å². The summed E-state index contributed by atoms with van der Waals surface area (Å²) in [5, 5.41) is 0.772. The lowest BCUT2D eigenvalue weighted by molar-refractivity contribution is 1.48. The minimum atomic E-state index is 0.772. The molecule has 0 spiro atoms. The Morgan fingerprint density at radius 1 is 1.20 bits per heavy atom. The van der Waals surface area contributed by atoms with Crippen LogP contribution in [0.4, 0.5) is 0 Å². The third-order valence-electron chi connectivity index (χ3n) is 0.947. The second-order valence-electron chi connectivity index (χ2n) is 1.61. The van der Waals surface area contributed by atoms with Crippen molar-refractivity contribution < 1.29 is 0 Å². The molecule has 0 radical (unpaired) electrons. The third kappa shape index (κ3) is 2.66. The predicted molar refractivity (Wildman–Crippen MR) is 53.9 cm³/mol. The van der Waals surface area contributed by atoms with Gasteiger partial charge in [-0.15, -0.1) is 0 Å². The quantitative estimate of drug-likeness (QED) is 0.578. The summed E-state index contributed by atoms with van der Waals surface area (Å²) in [6, 6.07) is 7.67. The topological polar surface area (TPSA) is 0 Å². The van der Waals surface area contributed by atoms with Crippen molar-refractivity contribution in [2.45, 2.75) is 4.90 Å². The molecular weight excluding hydrogens is 204 g/mol. The van der Waals surface area contributed by atoms with Crippen LogP contribution in [0.25, 0.3) is 0 Å². The summed E-state index contributed by atoms with van der Waals surface area (Å²) >= 11 is 9.68. The molecule has 1 aromatic carbocycles. The van der Waals surface area contributed by atoms with Crippen LogP contribution < -0.4 is 0 Å². The van der Waals surface area contributed by atoms with Crippen molar-refractivity contribution >= 4 is 43.9 Å². The molecule has 0 aliphatic carbocycles. The van der Waals surface area contributed by atoms with Crippen LogP contribution in [-0.2, 0) is 0 Å². The van der Waals surface area contributed by atoms with E-state index in [1.165, 1.54) is 14.7 Å². The van der Waals surface area contributed by atoms with Crippen LogP contribution in [0.5, 0.6) is 0 Å². The van der Waals surface area contributed by atoms with Gasteiger partial charge in [-0.1, -0.05) is 23.3 Å². The highest BCUT2D eigenvalue weighted by Crippen LogP contribution is 2.33. The Labute approximate surface area is 77.9 Å². The van der Waals surface area contributed by atoms with E-state index in [0.717, 1.165) is 5.02 Å². The molecule has 0 amide bonds. The molecule has 10 heavy (non-hydrogen) atoms. The minimum absolute atomic E-state index is 0.772. The molecule has 4 heteroatoms. The van der Waals surface area contributed by atoms with Crippen LogP contribution in [0.2, 0.25) is 5.02 Å². The van der Waals surface area contributed by atoms with Gasteiger partial charge in [-0.05, 0) is 44.9 Å². The molecule has 54 valence electrons. The SMILES string of the molecule is SSSc1ccc(Cl)cc1. The number of hydrogen-bond donors (Lipinski definition) is 1. The van der Waals surface area contributed by atoms with E-state index in [1.54, 1.807) is 10.8 Å². The van der Waals surface area contributed by atoms with Gasteiger partial charge in [0.1, 0.15) is 0 Å². The average molecular weight is 209 g/mol. The van der Waals surface area contributed by atoms with Gasteiger partial charge in [0.15, 0.2) is 0 Å². The molecule has 0 atom stereocenters. The minimum Gasteiger partial charge on any atom is -0.0994 e. The fraction of sp³-hybridized carbons (Fsp3) is 0. The predicted octanol–water partition coefficient (Wildman–Crippen LogP) is 3.93. The van der Waals surface area contributed by atoms with Crippen LogP contribution in [-0.4, -0.2) is 0 Å². The summed E-state index contributed by atoms with van der Waals surface area (Å²) in [4.78, 5) is 1.17. The van der Waals surface area contributed by atoms with Gasteiger partial charge in [-0.2, -0.15) is 0 Å². The number of thiol groups is 1. The summed E-state index contributed by atoms with van der Waals surface area (Å²) in [6.45, 7) is 0. The van der Waals surface area contributed by atoms with E-state index in [2.05, 4.69) is 11.7 Å². The summed E-state index contributed by atoms with van der Waals surface area (Å²) in [6.07, 6.45) is 0. The van der Waals surface area contributed by atoms with E-state index in [1.807, 2.05) is 24.3 Å². The molecule has 0 heterocycles. The molecule has 0 fully saturated rings. The van der Waals surface area contributed by atoms with E-state index < -0.39 is 0 Å². The van der Waals surface area contributed by atoms with E-state index in [9.17, 15) is 0 Å². The first-order chi connectivity index (χ1) is 4.83. The molecule has 0 aliphatic heterocycles. The first-order valence-corrected chi connectivity index (χ1v) is 6.14. The first-order valence-electron chi connectivity index (χ1n) is 2.56. The average Bonchev–Trinajstić information content (AvgIpc) is 1.95. The summed E-state index contributed by atoms with van der Waals surface area (Å²) in [5.41, 5.74) is 0. The maximum Gasteiger partial charge on any atom is 0.0406 e. The highest BCUT2D eigenvalue weighted by Gasteiger charge is 1.90. The lowest BCUT2D eigenvalue weighted by atomic mass is 10.4. The zero-order valence-corrected chi connectivity index (χ0v) is 8.23. The Bertz CT molecular complexity index is 197. The number of benzene rings is 1. The molecule has 0 saturated heterocycles. The van der Waals surface area contributed by atoms with Gasteiger partial charge in [0, 0.05) is 9.92 Å². The Morgan fingerprint density at radius 3 is 2.30 bits per heavy atom. The summed E-state index contributed by atoms with van der Waals surface area (Å²) < 4.78 is 0. The van der Waals surface area contributed by atoms with Crippen molar-refractivity contribution in [3.63, 3.8) is 0 Å². The fourth-order valence-corrected chi connectivity index (χ4v) is 2.36. The van der Waals surface area contributed by atoms with Gasteiger partial charge in [0.25, 0.3) is 0 Å². The zero-order chi connectivity index (χ0) is 7.40. The zero-order valence-electron chi connectivity index (χ0n) is 4.95. The van der Waals surface area contributed by atoms with Crippen LogP contribution in [0.1, 0.15) is 0 Å². The normalized spacial score (nSPS) is 9.80. The summed E-state index contributed by atoms with van der Waals surface area (Å²) in [7, 11) is 3.03. The van der Waals surface area contributed by atoms with Crippen molar-refractivity contribution in [1.29, 1.82) is 0 Å². The van der Waals surface area contributed by atoms with Crippen LogP contribution in [0.3, 0.4) is 0 Å². The van der Waals surface area contributed by atoms with Gasteiger partial charge in [0.05, 0.1) is 0 Å². The van der Waals surface area contributed by atoms with E-state index in [0.29, 0.717) is 0 Å². The standard InChI is InChI=1S/C6H5ClS3/c7-5-1-3-6(4-2-5)9-10-8/h1-4,8H. The molecule has 0 aliphatic rings. The highest BCUT2D eigenvalue weighted by atomic mass is 35.5. The van der Waals surface area contributed by atoms with Gasteiger partial charge >= 0.3 is 0 Å². The number of halogens is 1. The molecule has 1 rings (SSSR count). The lowest BCUT2D eigenvalue weighted by Gasteiger charge is -1.94. The molecule has 0 N–H and O–H groups in total. The van der Waals surface area contributed by atoms with Crippen molar-refractivity contribution in [3.8, 4) is 0 Å². The maximum atomic E-state index is 5.68. The smallest absolute Gasteiger partial charge is 0.0406 e. The largest absolute Gasteiger partial charge is 0.0994 e. The maximum absolute atomic E-state index is 5.68. The molecule has 1 aromatic rings. The number of hydrogen-bond acceptors (Lipinski definition) is 3. The highest BCUT2D eigenvalue weighted by molar-refractivity contribution is 9.05. The second-order valence-corrected chi connectivity index (χ2v) is 5.12. The lowest BCUT2D eigenvalue weighted by Crippen LogP contribution is -1.64. The number of rotatable bonds is 2. The first kappa shape index (κ1) is 8.65. The van der Waals surface area contributed by atoms with E-state index in [-0.39, 0.29) is 0 Å². The Hall–Kier alpha value is 0.560. The van der Waals surface area contributed by atoms with Crippen LogP contribution >= 0.6 is 43.9 Å². The van der Waals surface area contributed by atoms with Crippen LogP contribution in [0, 0.1) is 0 Å². The van der Waals surface area contributed by atoms with Gasteiger partial charge in [-0.25, -0.2) is 0 Å². The third-order valence-corrected chi connectivity index (χ3v) is 3.21. The van der Waals surface area contributed by atoms with Gasteiger partial charge in [0.2, 0.25) is 0 Å². The monoisotopic (exact) mass is 208 g/mol. The van der Waals surface area contributed by atoms with Crippen molar-refractivity contribution in [2.24, 2.45) is 0 Å².